The van der Waals surface area contributed by atoms with Crippen LogP contribution in [-0.2, 0) is 9.59 Å². The maximum absolute atomic E-state index is 12.8. The third-order valence-corrected chi connectivity index (χ3v) is 6.61. The molecular weight excluding hydrogens is 404 g/mol. The molecule has 0 aromatic heterocycles. The summed E-state index contributed by atoms with van der Waals surface area (Å²) in [6, 6.07) is 7.19. The van der Waals surface area contributed by atoms with E-state index in [1.54, 1.807) is 12.1 Å². The van der Waals surface area contributed by atoms with Crippen LogP contribution in [0.4, 0.5) is 0 Å². The van der Waals surface area contributed by atoms with Gasteiger partial charge in [-0.25, -0.2) is 0 Å². The van der Waals surface area contributed by atoms with E-state index in [0.717, 1.165) is 32.7 Å². The van der Waals surface area contributed by atoms with Crippen LogP contribution in [0, 0.1) is 5.41 Å². The fraction of sp³-hybridized carbons (Fsp3) is 0.636. The molecule has 2 aliphatic heterocycles. The van der Waals surface area contributed by atoms with Gasteiger partial charge in [-0.2, -0.15) is 0 Å². The highest BCUT2D eigenvalue weighted by Crippen LogP contribution is 2.36. The zero-order chi connectivity index (χ0) is 21.6. The number of amides is 2. The minimum atomic E-state index is -0.338. The van der Waals surface area contributed by atoms with E-state index in [2.05, 4.69) is 16.7 Å². The third-order valence-electron chi connectivity index (χ3n) is 6.36. The summed E-state index contributed by atoms with van der Waals surface area (Å²) in [6.07, 6.45) is 1.68. The Kier molecular flexibility index (Phi) is 7.97. The smallest absolute Gasteiger partial charge is 0.236 e. The summed E-state index contributed by atoms with van der Waals surface area (Å²) in [6.45, 7) is 9.29. The summed E-state index contributed by atoms with van der Waals surface area (Å²) >= 11 is 5.93. The number of nitrogens with two attached hydrogens (primary N) is 1. The number of likely N-dealkylation sites (tertiary alicyclic amines) is 1. The zero-order valence-corrected chi connectivity index (χ0v) is 18.6. The Morgan fingerprint density at radius 3 is 2.20 bits per heavy atom. The lowest BCUT2D eigenvalue weighted by molar-refractivity contribution is -0.136. The van der Waals surface area contributed by atoms with Gasteiger partial charge >= 0.3 is 0 Å². The fourth-order valence-corrected chi connectivity index (χ4v) is 4.42. The highest BCUT2D eigenvalue weighted by molar-refractivity contribution is 6.30. The summed E-state index contributed by atoms with van der Waals surface area (Å²) in [7, 11) is 0. The van der Waals surface area contributed by atoms with Gasteiger partial charge in [-0.05, 0) is 43.7 Å². The molecule has 30 heavy (non-hydrogen) atoms. The molecule has 0 radical (unpaired) electrons. The zero-order valence-electron chi connectivity index (χ0n) is 17.8. The van der Waals surface area contributed by atoms with E-state index in [4.69, 9.17) is 22.1 Å². The van der Waals surface area contributed by atoms with E-state index < -0.39 is 0 Å². The molecule has 8 heteroatoms. The highest BCUT2D eigenvalue weighted by atomic mass is 35.5. The standard InChI is InChI=1S/C22H33ClN4O3/c1-2-25-11-13-26(14-12-25)16-21(29)27-9-7-22(8-10-27,15-20(24)28)17-30-19-5-3-18(23)4-6-19/h3-6H,2,7-17H2,1H3,(H2,24,28). The van der Waals surface area contributed by atoms with Crippen molar-refractivity contribution in [3.8, 4) is 5.75 Å². The molecule has 0 atom stereocenters. The number of piperazine rings is 1. The molecule has 3 rings (SSSR count). The summed E-state index contributed by atoms with van der Waals surface area (Å²) < 4.78 is 5.96. The van der Waals surface area contributed by atoms with Gasteiger partial charge < -0.3 is 20.3 Å². The van der Waals surface area contributed by atoms with Crippen LogP contribution in [0.25, 0.3) is 0 Å². The van der Waals surface area contributed by atoms with E-state index in [1.807, 2.05) is 17.0 Å². The number of benzene rings is 1. The Morgan fingerprint density at radius 1 is 1.03 bits per heavy atom. The molecule has 0 spiro atoms. The van der Waals surface area contributed by atoms with Crippen LogP contribution in [0.2, 0.25) is 5.02 Å². The lowest BCUT2D eigenvalue weighted by Crippen LogP contribution is -2.52. The van der Waals surface area contributed by atoms with Crippen LogP contribution in [0.1, 0.15) is 26.2 Å². The number of piperidine rings is 1. The summed E-state index contributed by atoms with van der Waals surface area (Å²) in [5, 5.41) is 0.650. The van der Waals surface area contributed by atoms with Gasteiger partial charge in [-0.15, -0.1) is 0 Å². The van der Waals surface area contributed by atoms with Gasteiger partial charge in [-0.1, -0.05) is 18.5 Å². The van der Waals surface area contributed by atoms with Crippen molar-refractivity contribution in [3.63, 3.8) is 0 Å². The lowest BCUT2D eigenvalue weighted by atomic mass is 9.76. The number of hydrogen-bond acceptors (Lipinski definition) is 5. The quantitative estimate of drug-likeness (QED) is 0.672. The minimum absolute atomic E-state index is 0.172. The monoisotopic (exact) mass is 436 g/mol. The average Bonchev–Trinajstić information content (AvgIpc) is 2.74. The van der Waals surface area contributed by atoms with Crippen molar-refractivity contribution in [2.24, 2.45) is 11.1 Å². The topological polar surface area (TPSA) is 79.1 Å². The second-order valence-electron chi connectivity index (χ2n) is 8.48. The Hall–Kier alpha value is -1.83. The Labute approximate surface area is 184 Å². The third kappa shape index (κ3) is 6.33. The van der Waals surface area contributed by atoms with Crippen molar-refractivity contribution in [2.75, 3.05) is 59.0 Å². The average molecular weight is 437 g/mol. The molecule has 2 saturated heterocycles. The molecule has 1 aromatic carbocycles. The number of nitrogens with zero attached hydrogens (tertiary/aromatic N) is 3. The van der Waals surface area contributed by atoms with E-state index >= 15 is 0 Å². The number of halogens is 1. The summed E-state index contributed by atoms with van der Waals surface area (Å²) in [4.78, 5) is 31.1. The Bertz CT molecular complexity index is 712. The van der Waals surface area contributed by atoms with Gasteiger partial charge in [0.05, 0.1) is 13.2 Å². The van der Waals surface area contributed by atoms with Crippen LogP contribution in [-0.4, -0.2) is 85.5 Å². The van der Waals surface area contributed by atoms with Crippen LogP contribution in [0.5, 0.6) is 5.75 Å². The maximum Gasteiger partial charge on any atom is 0.236 e. The van der Waals surface area contributed by atoms with Gasteiger partial charge in [0.1, 0.15) is 5.75 Å². The molecule has 7 nitrogen and oxygen atoms in total. The summed E-state index contributed by atoms with van der Waals surface area (Å²) in [5.41, 5.74) is 5.20. The van der Waals surface area contributed by atoms with Gasteiger partial charge in [0.25, 0.3) is 0 Å². The number of primary amides is 1. The number of ether oxygens (including phenoxy) is 1. The molecule has 2 N–H and O–H groups in total. The van der Waals surface area contributed by atoms with Gasteiger partial charge in [0.15, 0.2) is 0 Å². The number of carbonyl (C=O) groups excluding carboxylic acids is 2. The largest absolute Gasteiger partial charge is 0.493 e. The number of hydrogen-bond donors (Lipinski definition) is 1. The first-order valence-electron chi connectivity index (χ1n) is 10.8. The molecule has 2 fully saturated rings. The van der Waals surface area contributed by atoms with Crippen LogP contribution in [0.3, 0.4) is 0 Å². The fourth-order valence-electron chi connectivity index (χ4n) is 4.29. The van der Waals surface area contributed by atoms with E-state index in [-0.39, 0.29) is 23.7 Å². The molecule has 0 unspecified atom stereocenters. The molecule has 0 saturated carbocycles. The molecule has 1 aromatic rings. The highest BCUT2D eigenvalue weighted by Gasteiger charge is 2.38. The van der Waals surface area contributed by atoms with Crippen molar-refractivity contribution in [2.45, 2.75) is 26.2 Å². The second kappa shape index (κ2) is 10.5. The minimum Gasteiger partial charge on any atom is -0.493 e. The molecule has 2 amide bonds. The first-order valence-corrected chi connectivity index (χ1v) is 11.2. The Morgan fingerprint density at radius 2 is 1.63 bits per heavy atom. The van der Waals surface area contributed by atoms with Gasteiger partial charge in [-0.3, -0.25) is 14.5 Å². The SMILES string of the molecule is CCN1CCN(CC(=O)N2CCC(COc3ccc(Cl)cc3)(CC(N)=O)CC2)CC1. The van der Waals surface area contributed by atoms with Gasteiger partial charge in [0, 0.05) is 56.1 Å². The second-order valence-corrected chi connectivity index (χ2v) is 8.91. The molecule has 0 aliphatic carbocycles. The molecule has 0 bridgehead atoms. The van der Waals surface area contributed by atoms with Crippen molar-refractivity contribution >= 4 is 23.4 Å². The lowest BCUT2D eigenvalue weighted by Gasteiger charge is -2.42. The van der Waals surface area contributed by atoms with Gasteiger partial charge in [0.2, 0.25) is 11.8 Å². The first-order chi connectivity index (χ1) is 14.4. The molecule has 2 aliphatic rings. The van der Waals surface area contributed by atoms with Crippen molar-refractivity contribution in [1.29, 1.82) is 0 Å². The van der Waals surface area contributed by atoms with E-state index in [1.165, 1.54) is 0 Å². The predicted molar refractivity (Wildman–Crippen MR) is 118 cm³/mol. The number of rotatable bonds is 8. The predicted octanol–water partition coefficient (Wildman–Crippen LogP) is 1.84. The number of likely N-dealkylation sites (N-methyl/N-ethyl adjacent to an activating group) is 1. The first kappa shape index (κ1) is 22.8. The number of carbonyl (C=O) groups is 2. The van der Waals surface area contributed by atoms with Crippen LogP contribution < -0.4 is 10.5 Å². The molecule has 166 valence electrons. The van der Waals surface area contributed by atoms with Crippen LogP contribution in [0.15, 0.2) is 24.3 Å². The van der Waals surface area contributed by atoms with Crippen molar-refractivity contribution in [3.05, 3.63) is 29.3 Å². The van der Waals surface area contributed by atoms with Crippen LogP contribution >= 0.6 is 11.6 Å². The molecule has 2 heterocycles. The van der Waals surface area contributed by atoms with E-state index in [9.17, 15) is 9.59 Å². The van der Waals surface area contributed by atoms with Crippen molar-refractivity contribution in [1.82, 2.24) is 14.7 Å². The Balaban J connectivity index is 1.51. The van der Waals surface area contributed by atoms with E-state index in [0.29, 0.717) is 49.9 Å². The van der Waals surface area contributed by atoms with Crippen molar-refractivity contribution < 1.29 is 14.3 Å². The summed E-state index contributed by atoms with van der Waals surface area (Å²) in [5.74, 6) is 0.558. The maximum atomic E-state index is 12.8. The molecular formula is C22H33ClN4O3. The normalized spacial score (nSPS) is 20.1.